The molecule has 1 aromatic heterocycles. The van der Waals surface area contributed by atoms with Crippen molar-refractivity contribution in [2.24, 2.45) is 0 Å². The number of hydrogen-bond acceptors (Lipinski definition) is 8. The van der Waals surface area contributed by atoms with Crippen molar-refractivity contribution in [1.82, 2.24) is 9.71 Å². The molecular weight excluding hydrogens is 534 g/mol. The van der Waals surface area contributed by atoms with Crippen molar-refractivity contribution >= 4 is 33.2 Å². The van der Waals surface area contributed by atoms with Crippen LogP contribution in [0.15, 0.2) is 47.5 Å². The van der Waals surface area contributed by atoms with E-state index >= 15 is 0 Å². The monoisotopic (exact) mass is 577 g/mol. The largest absolute Gasteiger partial charge is 0.377 e. The number of ether oxygens (including phenoxy) is 2. The van der Waals surface area contributed by atoms with Crippen molar-refractivity contribution in [3.05, 3.63) is 53.1 Å². The van der Waals surface area contributed by atoms with Crippen LogP contribution in [0, 0.1) is 6.92 Å². The van der Waals surface area contributed by atoms with Crippen molar-refractivity contribution in [3.8, 4) is 0 Å². The molecule has 0 radical (unpaired) electrons. The summed E-state index contributed by atoms with van der Waals surface area (Å²) in [4.78, 5) is 19.4. The average molecular weight is 578 g/mol. The number of aryl methyl sites for hydroxylation is 1. The lowest BCUT2D eigenvalue weighted by molar-refractivity contribution is -0.122. The topological polar surface area (TPSA) is 113 Å². The predicted molar refractivity (Wildman–Crippen MR) is 159 cm³/mol. The van der Waals surface area contributed by atoms with Crippen LogP contribution in [0.2, 0.25) is 0 Å². The Morgan fingerprint density at radius 2 is 1.97 bits per heavy atom. The Bertz CT molecular complexity index is 1080. The number of hydrogen-bond donors (Lipinski definition) is 4. The molecule has 216 valence electrons. The molecule has 39 heavy (non-hydrogen) atoms. The van der Waals surface area contributed by atoms with E-state index in [4.69, 9.17) is 9.47 Å². The fraction of sp³-hybridized carbons (Fsp3) is 0.586. The fourth-order valence-electron chi connectivity index (χ4n) is 5.28. The molecule has 8 nitrogen and oxygen atoms in total. The Morgan fingerprint density at radius 1 is 1.21 bits per heavy atom. The van der Waals surface area contributed by atoms with Gasteiger partial charge in [-0.3, -0.25) is 13.9 Å². The van der Waals surface area contributed by atoms with Crippen molar-refractivity contribution in [2.75, 3.05) is 18.5 Å². The van der Waals surface area contributed by atoms with Crippen LogP contribution in [0.4, 0.5) is 5.13 Å². The molecule has 2 heterocycles. The molecule has 2 aromatic rings. The maximum absolute atomic E-state index is 13.7. The quantitative estimate of drug-likeness (QED) is 0.212. The molecular formula is C29H43N3O5S2. The van der Waals surface area contributed by atoms with Crippen molar-refractivity contribution in [2.45, 2.75) is 101 Å². The fourth-order valence-corrected chi connectivity index (χ4v) is 7.05. The van der Waals surface area contributed by atoms with E-state index in [0.29, 0.717) is 29.6 Å². The van der Waals surface area contributed by atoms with Crippen LogP contribution in [-0.4, -0.2) is 51.5 Å². The van der Waals surface area contributed by atoms with Crippen LogP contribution in [-0.2, 0) is 14.3 Å². The minimum absolute atomic E-state index is 0.0106. The van der Waals surface area contributed by atoms with Gasteiger partial charge in [0.2, 0.25) is 5.91 Å². The number of thiazole rings is 1. The maximum Gasteiger partial charge on any atom is 0.236 e. The molecule has 1 saturated carbocycles. The number of anilines is 1. The zero-order valence-corrected chi connectivity index (χ0v) is 24.7. The number of carbonyl (C=O) groups is 1. The molecule has 2 unspecified atom stereocenters. The van der Waals surface area contributed by atoms with E-state index < -0.39 is 16.7 Å². The second kappa shape index (κ2) is 14.2. The third kappa shape index (κ3) is 8.36. The van der Waals surface area contributed by atoms with E-state index in [-0.39, 0.29) is 24.2 Å². The Kier molecular flexibility index (Phi) is 11.0. The molecule has 1 amide bonds. The number of rotatable bonds is 11. The number of nitrogens with one attached hydrogen (secondary N) is 2. The molecule has 1 aromatic carbocycles. The minimum Gasteiger partial charge on any atom is -0.377 e. The molecule has 1 aliphatic heterocycles. The third-order valence-corrected chi connectivity index (χ3v) is 9.85. The lowest BCUT2D eigenvalue weighted by Gasteiger charge is -2.35. The van der Waals surface area contributed by atoms with Gasteiger partial charge in [-0.05, 0) is 68.7 Å². The molecule has 2 fully saturated rings. The molecule has 1 aliphatic carbocycles. The molecule has 4 N–H and O–H groups in total. The number of carbonyl (C=O) groups excluding carboxylic acids is 1. The summed E-state index contributed by atoms with van der Waals surface area (Å²) in [5.41, 5.74) is 1.85. The number of aromatic nitrogens is 1. The zero-order chi connectivity index (χ0) is 27.8. The van der Waals surface area contributed by atoms with Gasteiger partial charge < -0.3 is 14.8 Å². The predicted octanol–water partition coefficient (Wildman–Crippen LogP) is 7.04. The van der Waals surface area contributed by atoms with E-state index in [1.54, 1.807) is 30.5 Å². The van der Waals surface area contributed by atoms with Gasteiger partial charge in [-0.1, -0.05) is 44.9 Å². The Hall–Kier alpha value is -1.79. The maximum atomic E-state index is 13.7. The zero-order valence-electron chi connectivity index (χ0n) is 23.1. The van der Waals surface area contributed by atoms with Gasteiger partial charge in [0.15, 0.2) is 5.13 Å². The highest BCUT2D eigenvalue weighted by molar-refractivity contribution is 8.22. The van der Waals surface area contributed by atoms with E-state index in [1.165, 1.54) is 24.2 Å². The summed E-state index contributed by atoms with van der Waals surface area (Å²) < 4.78 is 36.7. The van der Waals surface area contributed by atoms with Gasteiger partial charge in [-0.2, -0.15) is 0 Å². The molecule has 10 heteroatoms. The Labute approximate surface area is 238 Å². The summed E-state index contributed by atoms with van der Waals surface area (Å²) >= 11 is 1.43. The van der Waals surface area contributed by atoms with Gasteiger partial charge in [0, 0.05) is 24.2 Å². The second-order valence-electron chi connectivity index (χ2n) is 10.5. The summed E-state index contributed by atoms with van der Waals surface area (Å²) in [6, 6.07) is 6.96. The number of amides is 1. The summed E-state index contributed by atoms with van der Waals surface area (Å²) in [6.07, 6.45) is 10.3. The highest BCUT2D eigenvalue weighted by Crippen LogP contribution is 2.44. The van der Waals surface area contributed by atoms with Gasteiger partial charge in [0.05, 0.1) is 29.1 Å². The summed E-state index contributed by atoms with van der Waals surface area (Å²) in [6.45, 7) is 9.38. The molecule has 0 spiro atoms. The highest BCUT2D eigenvalue weighted by Gasteiger charge is 2.33. The van der Waals surface area contributed by atoms with E-state index in [2.05, 4.69) is 21.6 Å². The summed E-state index contributed by atoms with van der Waals surface area (Å²) in [5.74, 6) is -0.795. The standard InChI is InChI=1S/C29H43N3O5S2/c1-4-25(37-26-12-8-6-5-7-10-20(26)2)27(28(33)32-29-30-18-21(3)38-29)22-13-15-24(16-14-22)39(34,35)31-19-23-11-9-17-36-23/h13-16,18,23,25-27,31,34-35H,2,4-12,17,19H2,1,3H3,(H,30,32,33)/t23-,25?,26-,27?/m1/s1. The number of benzene rings is 1. The van der Waals surface area contributed by atoms with Crippen LogP contribution >= 0.6 is 22.1 Å². The van der Waals surface area contributed by atoms with Crippen LogP contribution in [0.25, 0.3) is 0 Å². The first-order chi connectivity index (χ1) is 18.8. The smallest absolute Gasteiger partial charge is 0.236 e. The lowest BCUT2D eigenvalue weighted by Crippen LogP contribution is -2.36. The highest BCUT2D eigenvalue weighted by atomic mass is 32.3. The first-order valence-corrected chi connectivity index (χ1v) is 16.4. The van der Waals surface area contributed by atoms with Crippen LogP contribution in [0.3, 0.4) is 0 Å². The van der Waals surface area contributed by atoms with Crippen molar-refractivity contribution in [3.63, 3.8) is 0 Å². The van der Waals surface area contributed by atoms with Gasteiger partial charge in [-0.15, -0.1) is 22.1 Å². The van der Waals surface area contributed by atoms with Crippen molar-refractivity contribution < 1.29 is 23.4 Å². The van der Waals surface area contributed by atoms with Gasteiger partial charge in [-0.25, -0.2) is 9.71 Å². The van der Waals surface area contributed by atoms with Gasteiger partial charge >= 0.3 is 0 Å². The average Bonchev–Trinajstić information content (AvgIpc) is 3.58. The molecule has 2 aliphatic rings. The molecule has 1 saturated heterocycles. The van der Waals surface area contributed by atoms with E-state index in [0.717, 1.165) is 54.5 Å². The Balaban J connectivity index is 1.55. The third-order valence-electron chi connectivity index (χ3n) is 7.52. The van der Waals surface area contributed by atoms with Gasteiger partial charge in [0.1, 0.15) is 0 Å². The first-order valence-electron chi connectivity index (χ1n) is 14.1. The van der Waals surface area contributed by atoms with Crippen molar-refractivity contribution in [1.29, 1.82) is 0 Å². The lowest BCUT2D eigenvalue weighted by atomic mass is 9.89. The van der Waals surface area contributed by atoms with Crippen LogP contribution < -0.4 is 10.0 Å². The minimum atomic E-state index is -3.20. The Morgan fingerprint density at radius 3 is 2.64 bits per heavy atom. The normalized spacial score (nSPS) is 22.6. The SMILES string of the molecule is C=C1CCCCCC[C@H]1OC(CC)C(C(=O)Nc1ncc(C)s1)c1ccc(S(O)(O)NC[C@H]2CCCO2)cc1. The van der Waals surface area contributed by atoms with Crippen LogP contribution in [0.1, 0.15) is 81.1 Å². The van der Waals surface area contributed by atoms with Crippen LogP contribution in [0.5, 0.6) is 0 Å². The second-order valence-corrected chi connectivity index (χ2v) is 13.6. The number of nitrogens with zero attached hydrogens (tertiary/aromatic N) is 1. The van der Waals surface area contributed by atoms with E-state index in [1.807, 2.05) is 13.8 Å². The van der Waals surface area contributed by atoms with Gasteiger partial charge in [0.25, 0.3) is 0 Å². The summed E-state index contributed by atoms with van der Waals surface area (Å²) in [5, 5.41) is 3.54. The molecule has 0 bridgehead atoms. The molecule has 4 rings (SSSR count). The first kappa shape index (κ1) is 30.2. The molecule has 4 atom stereocenters. The van der Waals surface area contributed by atoms with E-state index in [9.17, 15) is 13.9 Å². The summed E-state index contributed by atoms with van der Waals surface area (Å²) in [7, 11) is -3.20.